The summed E-state index contributed by atoms with van der Waals surface area (Å²) in [5.74, 6) is 0.587. The topological polar surface area (TPSA) is 85.0 Å². The van der Waals surface area contributed by atoms with Crippen LogP contribution in [-0.4, -0.2) is 33.0 Å². The Morgan fingerprint density at radius 2 is 2.00 bits per heavy atom. The second kappa shape index (κ2) is 5.66. The molecule has 0 bridgehead atoms. The molecule has 0 saturated carbocycles. The van der Waals surface area contributed by atoms with Crippen LogP contribution in [0.2, 0.25) is 0 Å². The predicted molar refractivity (Wildman–Crippen MR) is 77.7 cm³/mol. The van der Waals surface area contributed by atoms with Crippen molar-refractivity contribution in [2.75, 3.05) is 18.0 Å². The van der Waals surface area contributed by atoms with E-state index in [0.29, 0.717) is 0 Å². The molecule has 21 heavy (non-hydrogen) atoms. The van der Waals surface area contributed by atoms with Crippen molar-refractivity contribution < 1.29 is 4.92 Å². The van der Waals surface area contributed by atoms with E-state index in [4.69, 9.17) is 0 Å². The minimum absolute atomic E-state index is 0.130. The molecule has 0 unspecified atom stereocenters. The highest BCUT2D eigenvalue weighted by Gasteiger charge is 2.16. The van der Waals surface area contributed by atoms with E-state index in [-0.39, 0.29) is 5.82 Å². The molecule has 0 amide bonds. The molecule has 0 atom stereocenters. The van der Waals surface area contributed by atoms with Crippen LogP contribution in [0.25, 0.3) is 5.57 Å². The zero-order chi connectivity index (χ0) is 14.7. The van der Waals surface area contributed by atoms with Gasteiger partial charge in [-0.15, -0.1) is 0 Å². The van der Waals surface area contributed by atoms with Gasteiger partial charge in [0, 0.05) is 37.1 Å². The Morgan fingerprint density at radius 1 is 1.19 bits per heavy atom. The number of nitrogens with zero attached hydrogens (tertiary/aromatic N) is 5. The van der Waals surface area contributed by atoms with E-state index < -0.39 is 4.92 Å². The van der Waals surface area contributed by atoms with Crippen molar-refractivity contribution in [1.82, 2.24) is 15.0 Å². The Labute approximate surface area is 121 Å². The Balaban J connectivity index is 1.74. The summed E-state index contributed by atoms with van der Waals surface area (Å²) >= 11 is 0. The molecule has 0 saturated heterocycles. The summed E-state index contributed by atoms with van der Waals surface area (Å²) in [6, 6.07) is 4.96. The van der Waals surface area contributed by atoms with Gasteiger partial charge in [0.25, 0.3) is 0 Å². The summed E-state index contributed by atoms with van der Waals surface area (Å²) in [6.07, 6.45) is 7.92. The average Bonchev–Trinajstić information content (AvgIpc) is 2.56. The lowest BCUT2D eigenvalue weighted by Gasteiger charge is -2.26. The van der Waals surface area contributed by atoms with Crippen LogP contribution in [0.5, 0.6) is 0 Å². The van der Waals surface area contributed by atoms with Crippen LogP contribution < -0.4 is 4.90 Å². The highest BCUT2D eigenvalue weighted by molar-refractivity contribution is 5.67. The Kier molecular flexibility index (Phi) is 3.55. The van der Waals surface area contributed by atoms with E-state index in [2.05, 4.69) is 25.9 Å². The van der Waals surface area contributed by atoms with Gasteiger partial charge in [-0.2, -0.15) is 0 Å². The molecule has 0 aromatic carbocycles. The van der Waals surface area contributed by atoms with Gasteiger partial charge in [0.2, 0.25) is 5.95 Å². The minimum Gasteiger partial charge on any atom is -0.358 e. The molecule has 0 radical (unpaired) electrons. The first kappa shape index (κ1) is 13.2. The van der Waals surface area contributed by atoms with E-state index >= 15 is 0 Å². The van der Waals surface area contributed by atoms with Crippen molar-refractivity contribution in [3.05, 3.63) is 58.5 Å². The summed E-state index contributed by atoms with van der Waals surface area (Å²) in [5, 5.41) is 10.6. The molecule has 0 fully saturated rings. The third kappa shape index (κ3) is 2.86. The number of hydrogen-bond acceptors (Lipinski definition) is 6. The maximum absolute atomic E-state index is 10.6. The zero-order valence-corrected chi connectivity index (χ0v) is 11.2. The summed E-state index contributed by atoms with van der Waals surface area (Å²) in [7, 11) is 0. The molecule has 3 rings (SSSR count). The van der Waals surface area contributed by atoms with E-state index in [9.17, 15) is 10.1 Å². The second-order valence-electron chi connectivity index (χ2n) is 4.64. The fourth-order valence-electron chi connectivity index (χ4n) is 2.25. The Morgan fingerprint density at radius 3 is 2.57 bits per heavy atom. The number of hydrogen-bond donors (Lipinski definition) is 0. The van der Waals surface area contributed by atoms with E-state index in [0.717, 1.165) is 36.6 Å². The average molecular weight is 283 g/mol. The van der Waals surface area contributed by atoms with Crippen LogP contribution in [0.15, 0.2) is 42.9 Å². The Hall–Kier alpha value is -2.83. The third-order valence-electron chi connectivity index (χ3n) is 3.35. The second-order valence-corrected chi connectivity index (χ2v) is 4.64. The van der Waals surface area contributed by atoms with Gasteiger partial charge in [-0.3, -0.25) is 0 Å². The van der Waals surface area contributed by atoms with Crippen LogP contribution >= 0.6 is 0 Å². The molecule has 0 aliphatic carbocycles. The van der Waals surface area contributed by atoms with Crippen molar-refractivity contribution in [2.24, 2.45) is 0 Å². The predicted octanol–water partition coefficient (Wildman–Crippen LogP) is 2.07. The number of anilines is 1. The molecule has 106 valence electrons. The highest BCUT2D eigenvalue weighted by Crippen LogP contribution is 2.24. The quantitative estimate of drug-likeness (QED) is 0.633. The van der Waals surface area contributed by atoms with Gasteiger partial charge >= 0.3 is 5.82 Å². The first-order valence-corrected chi connectivity index (χ1v) is 6.56. The normalized spacial score (nSPS) is 14.7. The zero-order valence-electron chi connectivity index (χ0n) is 11.2. The van der Waals surface area contributed by atoms with Crippen LogP contribution in [0.3, 0.4) is 0 Å². The molecule has 0 N–H and O–H groups in total. The van der Waals surface area contributed by atoms with Crippen molar-refractivity contribution in [3.8, 4) is 0 Å². The van der Waals surface area contributed by atoms with Gasteiger partial charge in [-0.05, 0) is 34.0 Å². The van der Waals surface area contributed by atoms with Crippen LogP contribution in [0.1, 0.15) is 12.0 Å². The Bertz CT molecular complexity index is 670. The molecule has 2 aromatic heterocycles. The SMILES string of the molecule is O=[N+]([O-])c1ccc(C2=CCN(c3ncccn3)CC2)cn1. The fraction of sp³-hybridized carbons (Fsp3) is 0.214. The largest absolute Gasteiger partial charge is 0.363 e. The van der Waals surface area contributed by atoms with Crippen molar-refractivity contribution in [3.63, 3.8) is 0 Å². The summed E-state index contributed by atoms with van der Waals surface area (Å²) in [6.45, 7) is 1.53. The standard InChI is InChI=1S/C14H13N5O2/c20-19(21)13-3-2-12(10-17-13)11-4-8-18(9-5-11)14-15-6-1-7-16-14/h1-4,6-7,10H,5,8-9H2. The van der Waals surface area contributed by atoms with Crippen LogP contribution in [0, 0.1) is 10.1 Å². The van der Waals surface area contributed by atoms with Gasteiger partial charge in [-0.1, -0.05) is 6.08 Å². The van der Waals surface area contributed by atoms with E-state index in [1.54, 1.807) is 30.7 Å². The van der Waals surface area contributed by atoms with E-state index in [1.165, 1.54) is 6.07 Å². The maximum atomic E-state index is 10.6. The number of pyridine rings is 1. The summed E-state index contributed by atoms with van der Waals surface area (Å²) < 4.78 is 0. The molecule has 2 aromatic rings. The minimum atomic E-state index is -0.493. The maximum Gasteiger partial charge on any atom is 0.363 e. The lowest BCUT2D eigenvalue weighted by molar-refractivity contribution is -0.389. The molecule has 7 heteroatoms. The smallest absolute Gasteiger partial charge is 0.358 e. The fourth-order valence-corrected chi connectivity index (χ4v) is 2.25. The summed E-state index contributed by atoms with van der Waals surface area (Å²) in [5.41, 5.74) is 2.07. The molecular formula is C14H13N5O2. The lowest BCUT2D eigenvalue weighted by Crippen LogP contribution is -2.29. The number of rotatable bonds is 3. The first-order valence-electron chi connectivity index (χ1n) is 6.56. The van der Waals surface area contributed by atoms with Gasteiger partial charge in [0.1, 0.15) is 6.20 Å². The molecule has 1 aliphatic rings. The molecule has 1 aliphatic heterocycles. The monoisotopic (exact) mass is 283 g/mol. The highest BCUT2D eigenvalue weighted by atomic mass is 16.6. The van der Waals surface area contributed by atoms with Crippen molar-refractivity contribution in [2.45, 2.75) is 6.42 Å². The van der Waals surface area contributed by atoms with Crippen molar-refractivity contribution >= 4 is 17.3 Å². The lowest BCUT2D eigenvalue weighted by atomic mass is 10.0. The number of aromatic nitrogens is 3. The van der Waals surface area contributed by atoms with Gasteiger partial charge in [-0.25, -0.2) is 9.97 Å². The molecular weight excluding hydrogens is 270 g/mol. The van der Waals surface area contributed by atoms with Gasteiger partial charge in [0.15, 0.2) is 0 Å². The van der Waals surface area contributed by atoms with Gasteiger partial charge in [0.05, 0.1) is 0 Å². The first-order chi connectivity index (χ1) is 10.2. The van der Waals surface area contributed by atoms with Crippen molar-refractivity contribution in [1.29, 1.82) is 0 Å². The summed E-state index contributed by atoms with van der Waals surface area (Å²) in [4.78, 5) is 24.5. The third-order valence-corrected chi connectivity index (χ3v) is 3.35. The molecule has 0 spiro atoms. The van der Waals surface area contributed by atoms with E-state index in [1.807, 2.05) is 0 Å². The molecule has 3 heterocycles. The number of nitro groups is 1. The molecule has 7 nitrogen and oxygen atoms in total. The van der Waals surface area contributed by atoms with Gasteiger partial charge < -0.3 is 15.0 Å². The van der Waals surface area contributed by atoms with Crippen LogP contribution in [0.4, 0.5) is 11.8 Å². The van der Waals surface area contributed by atoms with Crippen LogP contribution in [-0.2, 0) is 0 Å².